The summed E-state index contributed by atoms with van der Waals surface area (Å²) in [7, 11) is 0. The Morgan fingerprint density at radius 3 is 2.56 bits per heavy atom. The summed E-state index contributed by atoms with van der Waals surface area (Å²) < 4.78 is 40.1. The van der Waals surface area contributed by atoms with E-state index in [1.165, 1.54) is 0 Å². The van der Waals surface area contributed by atoms with Crippen molar-refractivity contribution in [1.82, 2.24) is 20.0 Å². The van der Waals surface area contributed by atoms with Gasteiger partial charge in [0.1, 0.15) is 23.9 Å². The zero-order valence-electron chi connectivity index (χ0n) is 18.6. The minimum Gasteiger partial charge on any atom is -0.382 e. The molecular weight excluding hydrogens is 479 g/mol. The number of rotatable bonds is 5. The van der Waals surface area contributed by atoms with Crippen LogP contribution in [0, 0.1) is 0 Å². The highest BCUT2D eigenvalue weighted by Gasteiger charge is 2.33. The molecule has 1 aliphatic heterocycles. The Morgan fingerprint density at radius 2 is 1.86 bits per heavy atom. The van der Waals surface area contributed by atoms with E-state index in [9.17, 15) is 22.8 Å². The molecule has 1 saturated carbocycles. The molecular formula is C22H20F3N9O2. The second-order valence-corrected chi connectivity index (χ2v) is 8.16. The number of anilines is 2. The first-order valence-electron chi connectivity index (χ1n) is 10.9. The summed E-state index contributed by atoms with van der Waals surface area (Å²) in [5.74, 6) is -0.448. The van der Waals surface area contributed by atoms with Crippen LogP contribution in [-0.4, -0.2) is 45.1 Å². The van der Waals surface area contributed by atoms with Gasteiger partial charge in [-0.25, -0.2) is 19.8 Å². The van der Waals surface area contributed by atoms with Gasteiger partial charge in [-0.3, -0.25) is 14.8 Å². The first kappa shape index (κ1) is 23.1. The number of alkyl halides is 3. The molecule has 186 valence electrons. The number of carbonyl (C=O) groups is 2. The number of nitrogens with one attached hydrogen (secondary N) is 4. The quantitative estimate of drug-likeness (QED) is 0.364. The molecule has 0 saturated heterocycles. The molecule has 0 spiro atoms. The Labute approximate surface area is 202 Å². The number of halogens is 3. The molecule has 5 rings (SSSR count). The van der Waals surface area contributed by atoms with Crippen LogP contribution in [-0.2, 0) is 6.18 Å². The molecule has 2 aliphatic rings. The third-order valence-electron chi connectivity index (χ3n) is 5.50. The van der Waals surface area contributed by atoms with Crippen LogP contribution < -0.4 is 27.1 Å². The van der Waals surface area contributed by atoms with Gasteiger partial charge in [0.2, 0.25) is 5.95 Å². The molecule has 2 aromatic heterocycles. The molecule has 3 heterocycles. The number of amides is 3. The Balaban J connectivity index is 1.36. The van der Waals surface area contributed by atoms with Crippen molar-refractivity contribution in [2.24, 2.45) is 10.7 Å². The van der Waals surface area contributed by atoms with Crippen LogP contribution in [0.5, 0.6) is 0 Å². The van der Waals surface area contributed by atoms with Crippen LogP contribution in [0.15, 0.2) is 47.7 Å². The van der Waals surface area contributed by atoms with E-state index >= 15 is 0 Å². The van der Waals surface area contributed by atoms with E-state index in [0.717, 1.165) is 19.0 Å². The third-order valence-corrected chi connectivity index (χ3v) is 5.50. The van der Waals surface area contributed by atoms with E-state index in [-0.39, 0.29) is 24.5 Å². The lowest BCUT2D eigenvalue weighted by Gasteiger charge is -2.17. The smallest absolute Gasteiger partial charge is 0.382 e. The maximum atomic E-state index is 12.9. The zero-order valence-corrected chi connectivity index (χ0v) is 18.6. The minimum absolute atomic E-state index is 0.159. The van der Waals surface area contributed by atoms with Crippen molar-refractivity contribution >= 4 is 29.4 Å². The maximum Gasteiger partial charge on any atom is 0.433 e. The number of urea groups is 1. The van der Waals surface area contributed by atoms with Gasteiger partial charge in [0, 0.05) is 29.7 Å². The summed E-state index contributed by atoms with van der Waals surface area (Å²) in [4.78, 5) is 36.3. The van der Waals surface area contributed by atoms with Crippen LogP contribution in [0.2, 0.25) is 0 Å². The van der Waals surface area contributed by atoms with E-state index in [1.807, 2.05) is 0 Å². The van der Waals surface area contributed by atoms with E-state index in [1.54, 1.807) is 35.1 Å². The SMILES string of the molecule is NC1=NCNn2cc(C(=O)NC3CC3)c(-c3ccc(NC(=O)Nc4nccc(C(F)(F)F)n4)cc3)c21. The highest BCUT2D eigenvalue weighted by Crippen LogP contribution is 2.32. The molecule has 14 heteroatoms. The molecule has 0 unspecified atom stereocenters. The first-order valence-corrected chi connectivity index (χ1v) is 10.9. The highest BCUT2D eigenvalue weighted by molar-refractivity contribution is 6.10. The van der Waals surface area contributed by atoms with Crippen LogP contribution in [0.4, 0.5) is 29.6 Å². The van der Waals surface area contributed by atoms with Gasteiger partial charge in [-0.1, -0.05) is 12.1 Å². The number of amidine groups is 1. The Morgan fingerprint density at radius 1 is 1.11 bits per heavy atom. The number of hydrogen-bond donors (Lipinski definition) is 5. The molecule has 1 aromatic carbocycles. The van der Waals surface area contributed by atoms with Gasteiger partial charge < -0.3 is 21.8 Å². The standard InChI is InChI=1S/C22H20F3N9O2/c23-22(24,25)15-7-8-27-20(32-15)33-21(36)31-13-3-1-11(2-4-13)16-14(19(35)30-12-5-6-12)9-34-17(16)18(26)28-10-29-34/h1-4,7-9,12,29H,5-6,10H2,(H2,26,28)(H,30,35)(H2,27,31,32,33,36). The molecule has 6 N–H and O–H groups in total. The molecule has 3 amide bonds. The summed E-state index contributed by atoms with van der Waals surface area (Å²) in [5.41, 5.74) is 10.5. The maximum absolute atomic E-state index is 12.9. The number of carbonyl (C=O) groups excluding carboxylic acids is 2. The zero-order chi connectivity index (χ0) is 25.4. The second-order valence-electron chi connectivity index (χ2n) is 8.16. The predicted molar refractivity (Wildman–Crippen MR) is 125 cm³/mol. The fraction of sp³-hybridized carbons (Fsp3) is 0.227. The number of aliphatic imine (C=N–C) groups is 1. The van der Waals surface area contributed by atoms with Crippen molar-refractivity contribution in [1.29, 1.82) is 0 Å². The van der Waals surface area contributed by atoms with Crippen molar-refractivity contribution in [3.63, 3.8) is 0 Å². The number of fused-ring (bicyclic) bond motifs is 1. The van der Waals surface area contributed by atoms with E-state index < -0.39 is 23.8 Å². The van der Waals surface area contributed by atoms with Crippen molar-refractivity contribution in [3.8, 4) is 11.1 Å². The molecule has 1 aliphatic carbocycles. The minimum atomic E-state index is -4.66. The van der Waals surface area contributed by atoms with E-state index in [2.05, 4.69) is 36.3 Å². The van der Waals surface area contributed by atoms with Gasteiger partial charge in [-0.05, 0) is 36.6 Å². The van der Waals surface area contributed by atoms with Gasteiger partial charge >= 0.3 is 12.2 Å². The fourth-order valence-corrected chi connectivity index (χ4v) is 3.67. The van der Waals surface area contributed by atoms with Gasteiger partial charge in [-0.2, -0.15) is 13.2 Å². The van der Waals surface area contributed by atoms with Crippen LogP contribution in [0.3, 0.4) is 0 Å². The monoisotopic (exact) mass is 499 g/mol. The summed E-state index contributed by atoms with van der Waals surface area (Å²) >= 11 is 0. The first-order chi connectivity index (χ1) is 17.2. The van der Waals surface area contributed by atoms with E-state index in [0.29, 0.717) is 34.1 Å². The number of benzene rings is 1. The normalized spacial score (nSPS) is 14.8. The fourth-order valence-electron chi connectivity index (χ4n) is 3.67. The average Bonchev–Trinajstić information content (AvgIpc) is 3.55. The van der Waals surface area contributed by atoms with Gasteiger partial charge in [-0.15, -0.1) is 0 Å². The van der Waals surface area contributed by atoms with Crippen LogP contribution >= 0.6 is 0 Å². The number of hydrogen-bond acceptors (Lipinski definition) is 7. The topological polar surface area (TPSA) is 151 Å². The molecule has 11 nitrogen and oxygen atoms in total. The summed E-state index contributed by atoms with van der Waals surface area (Å²) in [6.45, 7) is 0.268. The lowest BCUT2D eigenvalue weighted by Crippen LogP contribution is -2.30. The molecule has 3 aromatic rings. The number of nitrogens with two attached hydrogens (primary N) is 1. The number of aromatic nitrogens is 3. The van der Waals surface area contributed by atoms with Crippen LogP contribution in [0.25, 0.3) is 11.1 Å². The van der Waals surface area contributed by atoms with Crippen molar-refractivity contribution in [2.75, 3.05) is 22.7 Å². The third kappa shape index (κ3) is 4.78. The summed E-state index contributed by atoms with van der Waals surface area (Å²) in [6.07, 6.45) is -0.227. The molecule has 0 radical (unpaired) electrons. The van der Waals surface area contributed by atoms with Crippen molar-refractivity contribution in [2.45, 2.75) is 25.1 Å². The van der Waals surface area contributed by atoms with Crippen molar-refractivity contribution in [3.05, 3.63) is 59.7 Å². The van der Waals surface area contributed by atoms with Crippen molar-refractivity contribution < 1.29 is 22.8 Å². The van der Waals surface area contributed by atoms with Gasteiger partial charge in [0.15, 0.2) is 0 Å². The van der Waals surface area contributed by atoms with E-state index in [4.69, 9.17) is 5.73 Å². The lowest BCUT2D eigenvalue weighted by atomic mass is 10.00. The summed E-state index contributed by atoms with van der Waals surface area (Å²) in [5, 5.41) is 7.65. The average molecular weight is 499 g/mol. The van der Waals surface area contributed by atoms with Crippen LogP contribution in [0.1, 0.15) is 34.6 Å². The Kier molecular flexibility index (Phi) is 5.70. The Bertz CT molecular complexity index is 1360. The predicted octanol–water partition coefficient (Wildman–Crippen LogP) is 2.72. The summed E-state index contributed by atoms with van der Waals surface area (Å²) in [6, 6.07) is 6.57. The lowest BCUT2D eigenvalue weighted by molar-refractivity contribution is -0.141. The number of nitrogens with zero attached hydrogens (tertiary/aromatic N) is 4. The molecule has 0 atom stereocenters. The largest absolute Gasteiger partial charge is 0.433 e. The molecule has 36 heavy (non-hydrogen) atoms. The molecule has 1 fully saturated rings. The highest BCUT2D eigenvalue weighted by atomic mass is 19.4. The second kappa shape index (κ2) is 8.87. The Hall–Kier alpha value is -4.62. The van der Waals surface area contributed by atoms with Gasteiger partial charge in [0.25, 0.3) is 5.91 Å². The van der Waals surface area contributed by atoms with Gasteiger partial charge in [0.05, 0.1) is 5.56 Å². The molecule has 0 bridgehead atoms.